The Hall–Kier alpha value is -2.17. The van der Waals surface area contributed by atoms with Crippen molar-refractivity contribution in [3.8, 4) is 0 Å². The van der Waals surface area contributed by atoms with Gasteiger partial charge in [-0.3, -0.25) is 4.99 Å². The van der Waals surface area contributed by atoms with E-state index in [0.717, 1.165) is 5.56 Å². The molecule has 76 valence electrons. The van der Waals surface area contributed by atoms with Crippen LogP contribution in [0, 0.1) is 0 Å². The number of hydrogen-bond donors (Lipinski definition) is 2. The van der Waals surface area contributed by atoms with Crippen molar-refractivity contribution in [2.24, 2.45) is 4.99 Å². The second-order valence-corrected chi connectivity index (χ2v) is 3.15. The molecule has 5 nitrogen and oxygen atoms in total. The van der Waals surface area contributed by atoms with Gasteiger partial charge in [-0.25, -0.2) is 9.59 Å². The average molecular weight is 205 g/mol. The van der Waals surface area contributed by atoms with E-state index in [4.69, 9.17) is 10.2 Å². The number of carboxylic acids is 2. The second-order valence-electron chi connectivity index (χ2n) is 3.15. The Balaban J connectivity index is 2.65. The number of nitrogens with zero attached hydrogens (tertiary/aromatic N) is 1. The van der Waals surface area contributed by atoms with Crippen LogP contribution < -0.4 is 0 Å². The summed E-state index contributed by atoms with van der Waals surface area (Å²) in [5, 5.41) is 17.7. The van der Waals surface area contributed by atoms with Crippen molar-refractivity contribution in [2.75, 3.05) is 0 Å². The summed E-state index contributed by atoms with van der Waals surface area (Å²) in [6.45, 7) is 0. The normalized spacial score (nSPS) is 12.5. The van der Waals surface area contributed by atoms with Crippen molar-refractivity contribution in [2.45, 2.75) is 6.42 Å². The molecule has 1 aromatic carbocycles. The van der Waals surface area contributed by atoms with Crippen LogP contribution in [0.4, 0.5) is 5.69 Å². The third-order valence-corrected chi connectivity index (χ3v) is 2.22. The van der Waals surface area contributed by atoms with Gasteiger partial charge in [-0.15, -0.1) is 0 Å². The highest BCUT2D eigenvalue weighted by molar-refractivity contribution is 6.03. The van der Waals surface area contributed by atoms with Gasteiger partial charge in [-0.2, -0.15) is 0 Å². The average Bonchev–Trinajstić information content (AvgIpc) is 2.61. The molecule has 0 atom stereocenters. The molecular weight excluding hydrogens is 198 g/mol. The van der Waals surface area contributed by atoms with Crippen LogP contribution in [-0.2, 0) is 6.42 Å². The van der Waals surface area contributed by atoms with Crippen molar-refractivity contribution in [1.29, 1.82) is 0 Å². The summed E-state index contributed by atoms with van der Waals surface area (Å²) in [5.41, 5.74) is 0.877. The number of rotatable bonds is 2. The SMILES string of the molecule is O=C(O)c1cc2c(cc1C(=O)O)N=CC2. The maximum absolute atomic E-state index is 10.8. The summed E-state index contributed by atoms with van der Waals surface area (Å²) in [5.74, 6) is -2.49. The van der Waals surface area contributed by atoms with Crippen molar-refractivity contribution in [3.05, 3.63) is 28.8 Å². The molecule has 0 unspecified atom stereocenters. The molecule has 2 rings (SSSR count). The fraction of sp³-hybridized carbons (Fsp3) is 0.100. The number of aliphatic imine (C=N–C) groups is 1. The van der Waals surface area contributed by atoms with E-state index in [0.29, 0.717) is 12.1 Å². The van der Waals surface area contributed by atoms with Gasteiger partial charge < -0.3 is 10.2 Å². The summed E-state index contributed by atoms with van der Waals surface area (Å²) in [6, 6.07) is 2.67. The standard InChI is InChI=1S/C10H7NO4/c12-9(13)6-3-5-1-2-11-8(5)4-7(6)10(14)15/h2-4H,1H2,(H,12,13)(H,14,15). The molecule has 0 spiro atoms. The Labute approximate surface area is 84.7 Å². The maximum Gasteiger partial charge on any atom is 0.336 e. The van der Waals surface area contributed by atoms with Crippen molar-refractivity contribution < 1.29 is 19.8 Å². The van der Waals surface area contributed by atoms with E-state index in [9.17, 15) is 9.59 Å². The predicted octanol–water partition coefficient (Wildman–Crippen LogP) is 1.34. The van der Waals surface area contributed by atoms with Crippen LogP contribution >= 0.6 is 0 Å². The van der Waals surface area contributed by atoms with E-state index >= 15 is 0 Å². The van der Waals surface area contributed by atoms with Gasteiger partial charge in [0, 0.05) is 12.6 Å². The van der Waals surface area contributed by atoms with Crippen molar-refractivity contribution in [1.82, 2.24) is 0 Å². The van der Waals surface area contributed by atoms with Crippen molar-refractivity contribution >= 4 is 23.8 Å². The highest BCUT2D eigenvalue weighted by Gasteiger charge is 2.20. The molecule has 1 aromatic rings. The Bertz CT molecular complexity index is 490. The first-order valence-electron chi connectivity index (χ1n) is 4.25. The molecule has 0 aliphatic carbocycles. The summed E-state index contributed by atoms with van der Waals surface area (Å²) in [4.78, 5) is 25.6. The number of fused-ring (bicyclic) bond motifs is 1. The van der Waals surface area contributed by atoms with Crippen LogP contribution in [0.1, 0.15) is 26.3 Å². The molecule has 0 fully saturated rings. The van der Waals surface area contributed by atoms with Gasteiger partial charge in [0.1, 0.15) is 0 Å². The molecule has 0 saturated heterocycles. The van der Waals surface area contributed by atoms with Gasteiger partial charge in [-0.1, -0.05) is 0 Å². The summed E-state index contributed by atoms with van der Waals surface area (Å²) in [7, 11) is 0. The third-order valence-electron chi connectivity index (χ3n) is 2.22. The monoisotopic (exact) mass is 205 g/mol. The van der Waals surface area contributed by atoms with Crippen LogP contribution in [0.5, 0.6) is 0 Å². The fourth-order valence-corrected chi connectivity index (χ4v) is 1.51. The molecule has 15 heavy (non-hydrogen) atoms. The minimum absolute atomic E-state index is 0.188. The highest BCUT2D eigenvalue weighted by atomic mass is 16.4. The molecule has 0 radical (unpaired) electrons. The van der Waals surface area contributed by atoms with Crippen LogP contribution in [0.3, 0.4) is 0 Å². The topological polar surface area (TPSA) is 87.0 Å². The second kappa shape index (κ2) is 3.20. The Kier molecular flexibility index (Phi) is 2.00. The maximum atomic E-state index is 10.8. The first-order chi connectivity index (χ1) is 7.09. The summed E-state index contributed by atoms with van der Waals surface area (Å²) >= 11 is 0. The molecule has 0 amide bonds. The van der Waals surface area contributed by atoms with E-state index in [2.05, 4.69) is 4.99 Å². The van der Waals surface area contributed by atoms with E-state index in [1.165, 1.54) is 12.1 Å². The van der Waals surface area contributed by atoms with Gasteiger partial charge >= 0.3 is 11.9 Å². The van der Waals surface area contributed by atoms with Gasteiger partial charge in [0.05, 0.1) is 16.8 Å². The Morgan fingerprint density at radius 2 is 1.73 bits per heavy atom. The van der Waals surface area contributed by atoms with Crippen molar-refractivity contribution in [3.63, 3.8) is 0 Å². The number of carboxylic acid groups (broad SMARTS) is 2. The predicted molar refractivity (Wildman–Crippen MR) is 52.2 cm³/mol. The molecule has 2 N–H and O–H groups in total. The third kappa shape index (κ3) is 1.48. The van der Waals surface area contributed by atoms with E-state index in [1.807, 2.05) is 0 Å². The molecule has 1 heterocycles. The molecule has 5 heteroatoms. The first kappa shape index (κ1) is 9.39. The number of benzene rings is 1. The zero-order chi connectivity index (χ0) is 11.0. The number of carbonyl (C=O) groups is 2. The van der Waals surface area contributed by atoms with Crippen LogP contribution in [0.25, 0.3) is 0 Å². The lowest BCUT2D eigenvalue weighted by Gasteiger charge is -2.04. The van der Waals surface area contributed by atoms with E-state index in [-0.39, 0.29) is 11.1 Å². The first-order valence-corrected chi connectivity index (χ1v) is 4.25. The number of aromatic carboxylic acids is 2. The summed E-state index contributed by atoms with van der Waals surface area (Å²) in [6.07, 6.45) is 2.18. The lowest BCUT2D eigenvalue weighted by molar-refractivity contribution is 0.0651. The molecule has 1 aliphatic heterocycles. The van der Waals surface area contributed by atoms with Gasteiger partial charge in [0.2, 0.25) is 0 Å². The quantitative estimate of drug-likeness (QED) is 0.762. The number of hydrogen-bond acceptors (Lipinski definition) is 3. The van der Waals surface area contributed by atoms with Crippen LogP contribution in [0.15, 0.2) is 17.1 Å². The molecule has 0 bridgehead atoms. The zero-order valence-corrected chi connectivity index (χ0v) is 7.60. The molecule has 0 saturated carbocycles. The smallest absolute Gasteiger partial charge is 0.336 e. The van der Waals surface area contributed by atoms with Gasteiger partial charge in [0.25, 0.3) is 0 Å². The van der Waals surface area contributed by atoms with Crippen LogP contribution in [-0.4, -0.2) is 28.4 Å². The van der Waals surface area contributed by atoms with Crippen LogP contribution in [0.2, 0.25) is 0 Å². The van der Waals surface area contributed by atoms with Gasteiger partial charge in [0.15, 0.2) is 0 Å². The lowest BCUT2D eigenvalue weighted by Crippen LogP contribution is -2.08. The highest BCUT2D eigenvalue weighted by Crippen LogP contribution is 2.28. The zero-order valence-electron chi connectivity index (χ0n) is 7.60. The largest absolute Gasteiger partial charge is 0.478 e. The lowest BCUT2D eigenvalue weighted by atomic mass is 10.0. The van der Waals surface area contributed by atoms with E-state index in [1.54, 1.807) is 6.21 Å². The minimum atomic E-state index is -1.25. The molecule has 0 aromatic heterocycles. The fourth-order valence-electron chi connectivity index (χ4n) is 1.51. The molecular formula is C10H7NO4. The Morgan fingerprint density at radius 1 is 1.13 bits per heavy atom. The van der Waals surface area contributed by atoms with E-state index < -0.39 is 11.9 Å². The van der Waals surface area contributed by atoms with Gasteiger partial charge in [-0.05, 0) is 17.7 Å². The minimum Gasteiger partial charge on any atom is -0.478 e. The summed E-state index contributed by atoms with van der Waals surface area (Å²) < 4.78 is 0. The molecule has 1 aliphatic rings. The Morgan fingerprint density at radius 3 is 2.33 bits per heavy atom.